The summed E-state index contributed by atoms with van der Waals surface area (Å²) in [6.45, 7) is 2.46. The van der Waals surface area contributed by atoms with Gasteiger partial charge in [0.25, 0.3) is 0 Å². The summed E-state index contributed by atoms with van der Waals surface area (Å²) in [7, 11) is 1.65. The van der Waals surface area contributed by atoms with Crippen LogP contribution in [0.25, 0.3) is 11.3 Å². The predicted molar refractivity (Wildman–Crippen MR) is 84.0 cm³/mol. The molecule has 3 aromatic rings. The van der Waals surface area contributed by atoms with Gasteiger partial charge in [0.2, 0.25) is 0 Å². The Morgan fingerprint density at radius 3 is 2.59 bits per heavy atom. The highest BCUT2D eigenvalue weighted by Crippen LogP contribution is 2.21. The molecule has 0 fully saturated rings. The van der Waals surface area contributed by atoms with Crippen molar-refractivity contribution in [3.05, 3.63) is 60.0 Å². The first-order valence-corrected chi connectivity index (χ1v) is 6.98. The molecular weight excluding hydrogens is 278 g/mol. The third-order valence-electron chi connectivity index (χ3n) is 3.49. The number of benzene rings is 1. The van der Waals surface area contributed by atoms with Crippen LogP contribution in [0.5, 0.6) is 11.5 Å². The van der Waals surface area contributed by atoms with Gasteiger partial charge in [-0.2, -0.15) is 5.10 Å². The number of nitrogens with zero attached hydrogens (tertiary/aromatic N) is 3. The highest BCUT2D eigenvalue weighted by Gasteiger charge is 2.06. The van der Waals surface area contributed by atoms with Gasteiger partial charge >= 0.3 is 0 Å². The Kier molecular flexibility index (Phi) is 3.78. The second kappa shape index (κ2) is 5.89. The summed E-state index contributed by atoms with van der Waals surface area (Å²) in [4.78, 5) is 4.37. The first-order valence-electron chi connectivity index (χ1n) is 6.98. The zero-order valence-corrected chi connectivity index (χ0v) is 12.5. The van der Waals surface area contributed by atoms with Gasteiger partial charge in [-0.1, -0.05) is 12.1 Å². The lowest BCUT2D eigenvalue weighted by Gasteiger charge is -2.04. The largest absolute Gasteiger partial charge is 0.506 e. The van der Waals surface area contributed by atoms with Crippen molar-refractivity contribution in [1.82, 2.24) is 14.8 Å². The molecule has 0 aliphatic carbocycles. The van der Waals surface area contributed by atoms with Gasteiger partial charge in [0.05, 0.1) is 31.2 Å². The summed E-state index contributed by atoms with van der Waals surface area (Å²) in [5, 5.41) is 13.9. The molecule has 2 aromatic heterocycles. The molecule has 0 unspecified atom stereocenters. The highest BCUT2D eigenvalue weighted by molar-refractivity contribution is 5.58. The average Bonchev–Trinajstić information content (AvgIpc) is 2.99. The van der Waals surface area contributed by atoms with Crippen LogP contribution >= 0.6 is 0 Å². The number of methoxy groups -OCH3 is 1. The molecule has 1 aromatic carbocycles. The lowest BCUT2D eigenvalue weighted by Crippen LogP contribution is -1.99. The maximum absolute atomic E-state index is 9.54. The van der Waals surface area contributed by atoms with Crippen molar-refractivity contribution in [3.63, 3.8) is 0 Å². The number of rotatable bonds is 4. The van der Waals surface area contributed by atoms with Crippen molar-refractivity contribution >= 4 is 0 Å². The summed E-state index contributed by atoms with van der Waals surface area (Å²) in [5.41, 5.74) is 3.48. The van der Waals surface area contributed by atoms with Crippen LogP contribution in [0.4, 0.5) is 0 Å². The lowest BCUT2D eigenvalue weighted by molar-refractivity contribution is 0.414. The molecule has 5 nitrogen and oxygen atoms in total. The third-order valence-corrected chi connectivity index (χ3v) is 3.49. The van der Waals surface area contributed by atoms with Crippen LogP contribution in [0.2, 0.25) is 0 Å². The standard InChI is InChI=1S/C17H17N3O2/c1-12-17(21)8-7-16(19-12)14-9-18-20(11-14)10-13-3-5-15(22-2)6-4-13/h3-9,11,21H,10H2,1-2H3. The van der Waals surface area contributed by atoms with E-state index in [-0.39, 0.29) is 5.75 Å². The summed E-state index contributed by atoms with van der Waals surface area (Å²) in [6.07, 6.45) is 3.73. The van der Waals surface area contributed by atoms with Gasteiger partial charge in [-0.05, 0) is 36.8 Å². The molecular formula is C17H17N3O2. The van der Waals surface area contributed by atoms with Crippen LogP contribution < -0.4 is 4.74 Å². The van der Waals surface area contributed by atoms with Crippen molar-refractivity contribution in [2.45, 2.75) is 13.5 Å². The normalized spacial score (nSPS) is 10.6. The quantitative estimate of drug-likeness (QED) is 0.803. The lowest BCUT2D eigenvalue weighted by atomic mass is 10.2. The van der Waals surface area contributed by atoms with E-state index in [0.717, 1.165) is 22.6 Å². The molecule has 0 bridgehead atoms. The van der Waals surface area contributed by atoms with Gasteiger partial charge in [-0.15, -0.1) is 0 Å². The monoisotopic (exact) mass is 295 g/mol. The minimum Gasteiger partial charge on any atom is -0.506 e. The van der Waals surface area contributed by atoms with E-state index in [1.54, 1.807) is 32.4 Å². The highest BCUT2D eigenvalue weighted by atomic mass is 16.5. The van der Waals surface area contributed by atoms with Crippen LogP contribution in [0, 0.1) is 6.92 Å². The first-order chi connectivity index (χ1) is 10.7. The Labute approximate surface area is 128 Å². The fourth-order valence-electron chi connectivity index (χ4n) is 2.21. The van der Waals surface area contributed by atoms with Crippen molar-refractivity contribution < 1.29 is 9.84 Å². The van der Waals surface area contributed by atoms with Crippen molar-refractivity contribution in [2.24, 2.45) is 0 Å². The molecule has 0 amide bonds. The van der Waals surface area contributed by atoms with E-state index >= 15 is 0 Å². The SMILES string of the molecule is COc1ccc(Cn2cc(-c3ccc(O)c(C)n3)cn2)cc1. The summed E-state index contributed by atoms with van der Waals surface area (Å²) < 4.78 is 7.01. The van der Waals surface area contributed by atoms with Gasteiger partial charge < -0.3 is 9.84 Å². The number of aromatic hydroxyl groups is 1. The van der Waals surface area contributed by atoms with E-state index in [4.69, 9.17) is 4.74 Å². The maximum atomic E-state index is 9.54. The van der Waals surface area contributed by atoms with E-state index in [1.165, 1.54) is 0 Å². The zero-order valence-electron chi connectivity index (χ0n) is 12.5. The number of hydrogen-bond acceptors (Lipinski definition) is 4. The Balaban J connectivity index is 1.79. The van der Waals surface area contributed by atoms with Crippen molar-refractivity contribution in [2.75, 3.05) is 7.11 Å². The molecule has 0 spiro atoms. The molecule has 22 heavy (non-hydrogen) atoms. The molecule has 5 heteroatoms. The van der Waals surface area contributed by atoms with Gasteiger partial charge in [0, 0.05) is 11.8 Å². The van der Waals surface area contributed by atoms with Crippen LogP contribution in [0.15, 0.2) is 48.8 Å². The van der Waals surface area contributed by atoms with E-state index in [2.05, 4.69) is 10.1 Å². The summed E-state index contributed by atoms with van der Waals surface area (Å²) in [6, 6.07) is 11.3. The van der Waals surface area contributed by atoms with Gasteiger partial charge in [0.1, 0.15) is 11.5 Å². The second-order valence-electron chi connectivity index (χ2n) is 5.08. The van der Waals surface area contributed by atoms with E-state index in [9.17, 15) is 5.11 Å². The van der Waals surface area contributed by atoms with Gasteiger partial charge in [-0.25, -0.2) is 4.98 Å². The van der Waals surface area contributed by atoms with E-state index in [1.807, 2.05) is 35.1 Å². The number of pyridine rings is 1. The van der Waals surface area contributed by atoms with Crippen molar-refractivity contribution in [1.29, 1.82) is 0 Å². The van der Waals surface area contributed by atoms with Crippen LogP contribution in [-0.2, 0) is 6.54 Å². The molecule has 0 radical (unpaired) electrons. The summed E-state index contributed by atoms with van der Waals surface area (Å²) >= 11 is 0. The number of hydrogen-bond donors (Lipinski definition) is 1. The molecule has 1 N–H and O–H groups in total. The Hall–Kier alpha value is -2.82. The average molecular weight is 295 g/mol. The van der Waals surface area contributed by atoms with Crippen LogP contribution in [-0.4, -0.2) is 27.0 Å². The minimum atomic E-state index is 0.203. The predicted octanol–water partition coefficient (Wildman–Crippen LogP) is 3.02. The third kappa shape index (κ3) is 2.93. The number of aromatic nitrogens is 3. The maximum Gasteiger partial charge on any atom is 0.136 e. The van der Waals surface area contributed by atoms with Crippen LogP contribution in [0.1, 0.15) is 11.3 Å². The zero-order chi connectivity index (χ0) is 15.5. The molecule has 2 heterocycles. The Morgan fingerprint density at radius 1 is 1.14 bits per heavy atom. The van der Waals surface area contributed by atoms with E-state index < -0.39 is 0 Å². The van der Waals surface area contributed by atoms with Gasteiger partial charge in [0.15, 0.2) is 0 Å². The van der Waals surface area contributed by atoms with Gasteiger partial charge in [-0.3, -0.25) is 4.68 Å². The fourth-order valence-corrected chi connectivity index (χ4v) is 2.21. The molecule has 0 aliphatic heterocycles. The molecule has 0 saturated heterocycles. The second-order valence-corrected chi connectivity index (χ2v) is 5.08. The topological polar surface area (TPSA) is 60.2 Å². The summed E-state index contributed by atoms with van der Waals surface area (Å²) in [5.74, 6) is 1.04. The Morgan fingerprint density at radius 2 is 1.91 bits per heavy atom. The molecule has 0 aliphatic rings. The number of aryl methyl sites for hydroxylation is 1. The Bertz CT molecular complexity index is 779. The minimum absolute atomic E-state index is 0.203. The smallest absolute Gasteiger partial charge is 0.136 e. The van der Waals surface area contributed by atoms with Crippen LogP contribution in [0.3, 0.4) is 0 Å². The molecule has 0 saturated carbocycles. The fraction of sp³-hybridized carbons (Fsp3) is 0.176. The van der Waals surface area contributed by atoms with E-state index in [0.29, 0.717) is 12.2 Å². The molecule has 112 valence electrons. The molecule has 3 rings (SSSR count). The molecule has 0 atom stereocenters. The first kappa shape index (κ1) is 14.1. The number of ether oxygens (including phenoxy) is 1. The van der Waals surface area contributed by atoms with Crippen molar-refractivity contribution in [3.8, 4) is 22.8 Å².